The Morgan fingerprint density at radius 1 is 1.47 bits per heavy atom. The molecule has 0 spiro atoms. The van der Waals surface area contributed by atoms with Gasteiger partial charge in [-0.15, -0.1) is 11.3 Å². The van der Waals surface area contributed by atoms with Crippen LogP contribution >= 0.6 is 11.3 Å². The van der Waals surface area contributed by atoms with Crippen LogP contribution in [0, 0.1) is 11.8 Å². The van der Waals surface area contributed by atoms with Crippen LogP contribution in [0.5, 0.6) is 0 Å². The molecule has 96 valence electrons. The first-order chi connectivity index (χ1) is 8.16. The molecule has 1 saturated carbocycles. The van der Waals surface area contributed by atoms with E-state index in [1.165, 1.54) is 24.3 Å². The SMILES string of the molecule is CC1CCC(C)C(NCC(C)c2nccs2)C1. The molecule has 1 fully saturated rings. The van der Waals surface area contributed by atoms with Crippen molar-refractivity contribution in [3.63, 3.8) is 0 Å². The minimum atomic E-state index is 0.541. The lowest BCUT2D eigenvalue weighted by Crippen LogP contribution is -2.41. The van der Waals surface area contributed by atoms with Crippen molar-refractivity contribution in [1.29, 1.82) is 0 Å². The first kappa shape index (κ1) is 13.0. The maximum Gasteiger partial charge on any atom is 0.0965 e. The zero-order chi connectivity index (χ0) is 12.3. The number of nitrogens with one attached hydrogen (secondary N) is 1. The molecule has 2 nitrogen and oxygen atoms in total. The van der Waals surface area contributed by atoms with Gasteiger partial charge in [0, 0.05) is 30.1 Å². The molecule has 1 heterocycles. The first-order valence-electron chi connectivity index (χ1n) is 6.79. The summed E-state index contributed by atoms with van der Waals surface area (Å²) >= 11 is 1.77. The van der Waals surface area contributed by atoms with Crippen LogP contribution in [0.15, 0.2) is 11.6 Å². The third kappa shape index (κ3) is 3.52. The Kier molecular flexibility index (Phi) is 4.57. The summed E-state index contributed by atoms with van der Waals surface area (Å²) in [6.45, 7) is 8.10. The van der Waals surface area contributed by atoms with Crippen LogP contribution < -0.4 is 5.32 Å². The van der Waals surface area contributed by atoms with Crippen molar-refractivity contribution in [2.45, 2.75) is 52.0 Å². The van der Waals surface area contributed by atoms with Gasteiger partial charge in [-0.1, -0.05) is 27.2 Å². The van der Waals surface area contributed by atoms with Crippen LogP contribution in [-0.2, 0) is 0 Å². The largest absolute Gasteiger partial charge is 0.313 e. The Bertz CT molecular complexity index is 323. The minimum Gasteiger partial charge on any atom is -0.313 e. The summed E-state index contributed by atoms with van der Waals surface area (Å²) in [6, 6.07) is 0.709. The molecule has 1 aromatic rings. The fourth-order valence-corrected chi connectivity index (χ4v) is 3.41. The van der Waals surface area contributed by atoms with E-state index in [0.29, 0.717) is 12.0 Å². The summed E-state index contributed by atoms with van der Waals surface area (Å²) in [6.07, 6.45) is 6.03. The van der Waals surface area contributed by atoms with Gasteiger partial charge in [0.2, 0.25) is 0 Å². The van der Waals surface area contributed by atoms with Crippen LogP contribution in [0.2, 0.25) is 0 Å². The summed E-state index contributed by atoms with van der Waals surface area (Å²) in [5.74, 6) is 2.26. The molecule has 17 heavy (non-hydrogen) atoms. The van der Waals surface area contributed by atoms with Gasteiger partial charge in [0.05, 0.1) is 5.01 Å². The second-order valence-electron chi connectivity index (χ2n) is 5.68. The van der Waals surface area contributed by atoms with Crippen molar-refractivity contribution < 1.29 is 0 Å². The average Bonchev–Trinajstić information content (AvgIpc) is 2.83. The topological polar surface area (TPSA) is 24.9 Å². The molecular formula is C14H24N2S. The smallest absolute Gasteiger partial charge is 0.0965 e. The predicted octanol–water partition coefficient (Wildman–Crippen LogP) is 3.66. The van der Waals surface area contributed by atoms with Crippen molar-refractivity contribution in [3.8, 4) is 0 Å². The standard InChI is InChI=1S/C14H24N2S/c1-10-4-5-11(2)13(8-10)16-9-12(3)14-15-6-7-17-14/h6-7,10-13,16H,4-5,8-9H2,1-3H3. The minimum absolute atomic E-state index is 0.541. The fourth-order valence-electron chi connectivity index (χ4n) is 2.71. The molecular weight excluding hydrogens is 228 g/mol. The molecule has 3 heteroatoms. The highest BCUT2D eigenvalue weighted by Crippen LogP contribution is 2.28. The Balaban J connectivity index is 1.81. The Hall–Kier alpha value is -0.410. The van der Waals surface area contributed by atoms with Crippen molar-refractivity contribution in [2.24, 2.45) is 11.8 Å². The van der Waals surface area contributed by atoms with Gasteiger partial charge in [0.1, 0.15) is 0 Å². The molecule has 0 bridgehead atoms. The van der Waals surface area contributed by atoms with Gasteiger partial charge in [0.15, 0.2) is 0 Å². The molecule has 1 aliphatic carbocycles. The first-order valence-corrected chi connectivity index (χ1v) is 7.67. The molecule has 0 amide bonds. The maximum atomic E-state index is 4.39. The molecule has 1 aliphatic rings. The number of hydrogen-bond donors (Lipinski definition) is 1. The Morgan fingerprint density at radius 2 is 2.29 bits per heavy atom. The van der Waals surface area contributed by atoms with E-state index in [1.54, 1.807) is 11.3 Å². The van der Waals surface area contributed by atoms with Gasteiger partial charge in [-0.3, -0.25) is 0 Å². The lowest BCUT2D eigenvalue weighted by molar-refractivity contribution is 0.227. The molecule has 4 unspecified atom stereocenters. The summed E-state index contributed by atoms with van der Waals surface area (Å²) in [5.41, 5.74) is 0. The highest BCUT2D eigenvalue weighted by atomic mass is 32.1. The van der Waals surface area contributed by atoms with E-state index in [2.05, 4.69) is 36.5 Å². The summed E-state index contributed by atoms with van der Waals surface area (Å²) in [4.78, 5) is 4.39. The third-order valence-electron chi connectivity index (χ3n) is 4.02. The van der Waals surface area contributed by atoms with Crippen molar-refractivity contribution in [2.75, 3.05) is 6.54 Å². The average molecular weight is 252 g/mol. The van der Waals surface area contributed by atoms with Gasteiger partial charge in [-0.05, 0) is 24.7 Å². The molecule has 4 atom stereocenters. The number of aromatic nitrogens is 1. The van der Waals surface area contributed by atoms with Gasteiger partial charge in [-0.25, -0.2) is 4.98 Å². The lowest BCUT2D eigenvalue weighted by atomic mass is 9.80. The van der Waals surface area contributed by atoms with E-state index in [9.17, 15) is 0 Å². The number of thiazole rings is 1. The summed E-state index contributed by atoms with van der Waals surface area (Å²) in [7, 11) is 0. The quantitative estimate of drug-likeness (QED) is 0.884. The second-order valence-corrected chi connectivity index (χ2v) is 6.61. The van der Waals surface area contributed by atoms with Crippen LogP contribution in [0.4, 0.5) is 0 Å². The molecule has 0 aromatic carbocycles. The van der Waals surface area contributed by atoms with Crippen molar-refractivity contribution in [3.05, 3.63) is 16.6 Å². The Morgan fingerprint density at radius 3 is 3.00 bits per heavy atom. The van der Waals surface area contributed by atoms with E-state index in [0.717, 1.165) is 18.4 Å². The highest BCUT2D eigenvalue weighted by Gasteiger charge is 2.25. The number of nitrogens with zero attached hydrogens (tertiary/aromatic N) is 1. The van der Waals surface area contributed by atoms with Crippen molar-refractivity contribution in [1.82, 2.24) is 10.3 Å². The van der Waals surface area contributed by atoms with Crippen molar-refractivity contribution >= 4 is 11.3 Å². The zero-order valence-corrected chi connectivity index (χ0v) is 12.0. The van der Waals surface area contributed by atoms with Gasteiger partial charge in [-0.2, -0.15) is 0 Å². The molecule has 0 saturated heterocycles. The molecule has 1 aromatic heterocycles. The summed E-state index contributed by atoms with van der Waals surface area (Å²) in [5, 5.41) is 7.08. The van der Waals surface area contributed by atoms with Crippen LogP contribution in [0.1, 0.15) is 51.0 Å². The van der Waals surface area contributed by atoms with Gasteiger partial charge in [0.25, 0.3) is 0 Å². The van der Waals surface area contributed by atoms with Gasteiger partial charge >= 0.3 is 0 Å². The number of hydrogen-bond acceptors (Lipinski definition) is 3. The van der Waals surface area contributed by atoms with E-state index in [4.69, 9.17) is 0 Å². The van der Waals surface area contributed by atoms with E-state index in [1.807, 2.05) is 6.20 Å². The second kappa shape index (κ2) is 5.96. The van der Waals surface area contributed by atoms with Crippen LogP contribution in [0.3, 0.4) is 0 Å². The van der Waals surface area contributed by atoms with Crippen LogP contribution in [0.25, 0.3) is 0 Å². The monoisotopic (exact) mass is 252 g/mol. The third-order valence-corrected chi connectivity index (χ3v) is 5.02. The zero-order valence-electron chi connectivity index (χ0n) is 11.1. The molecule has 0 radical (unpaired) electrons. The van der Waals surface area contributed by atoms with E-state index < -0.39 is 0 Å². The highest BCUT2D eigenvalue weighted by molar-refractivity contribution is 7.09. The van der Waals surface area contributed by atoms with Crippen LogP contribution in [-0.4, -0.2) is 17.6 Å². The summed E-state index contributed by atoms with van der Waals surface area (Å²) < 4.78 is 0. The lowest BCUT2D eigenvalue weighted by Gasteiger charge is -2.34. The molecule has 0 aliphatic heterocycles. The van der Waals surface area contributed by atoms with E-state index >= 15 is 0 Å². The predicted molar refractivity (Wildman–Crippen MR) is 74.5 cm³/mol. The molecule has 2 rings (SSSR count). The maximum absolute atomic E-state index is 4.39. The van der Waals surface area contributed by atoms with E-state index in [-0.39, 0.29) is 0 Å². The fraction of sp³-hybridized carbons (Fsp3) is 0.786. The van der Waals surface area contributed by atoms with Gasteiger partial charge < -0.3 is 5.32 Å². The Labute approximate surface area is 109 Å². The number of rotatable bonds is 4. The molecule has 1 N–H and O–H groups in total. The normalized spacial score (nSPS) is 31.4.